The van der Waals surface area contributed by atoms with Gasteiger partial charge in [-0.2, -0.15) is 0 Å². The molecule has 0 aromatic heterocycles. The minimum absolute atomic E-state index is 0.246. The third-order valence-electron chi connectivity index (χ3n) is 2.19. The van der Waals surface area contributed by atoms with Crippen LogP contribution < -0.4 is 10.1 Å². The Morgan fingerprint density at radius 3 is 2.27 bits per heavy atom. The van der Waals surface area contributed by atoms with Crippen molar-refractivity contribution in [3.05, 3.63) is 35.9 Å². The van der Waals surface area contributed by atoms with E-state index in [1.54, 1.807) is 32.9 Å². The van der Waals surface area contributed by atoms with Crippen molar-refractivity contribution in [3.8, 4) is 5.75 Å². The zero-order valence-electron chi connectivity index (χ0n) is 12.5. The van der Waals surface area contributed by atoms with Gasteiger partial charge in [-0.1, -0.05) is 24.3 Å². The summed E-state index contributed by atoms with van der Waals surface area (Å²) in [5.41, 5.74) is 0.114. The Hall–Kier alpha value is -2.18. The molecule has 1 aromatic rings. The molecule has 0 aliphatic rings. The Morgan fingerprint density at radius 1 is 1.18 bits per heavy atom. The number of carbonyl (C=O) groups is 1. The average molecular weight is 317 g/mol. The number of alkyl halides is 3. The highest BCUT2D eigenvalue weighted by Crippen LogP contribution is 2.22. The minimum atomic E-state index is -4.70. The molecule has 0 fully saturated rings. The smallest absolute Gasteiger partial charge is 0.444 e. The van der Waals surface area contributed by atoms with E-state index in [0.29, 0.717) is 5.56 Å². The zero-order valence-corrected chi connectivity index (χ0v) is 12.5. The standard InChI is InChI=1S/C15H18F3NO3/c1-14(2,3)22-13(20)19-10-4-5-11-6-8-12(9-7-11)21-15(16,17)18/h4-9H,10H2,1-3H3,(H,19,20). The fraction of sp³-hybridized carbons (Fsp3) is 0.400. The van der Waals surface area contributed by atoms with Gasteiger partial charge >= 0.3 is 12.5 Å². The number of hydrogen-bond acceptors (Lipinski definition) is 3. The van der Waals surface area contributed by atoms with Crippen LogP contribution in [-0.4, -0.2) is 24.6 Å². The Morgan fingerprint density at radius 2 is 1.77 bits per heavy atom. The molecule has 0 saturated carbocycles. The van der Waals surface area contributed by atoms with Crippen molar-refractivity contribution in [2.75, 3.05) is 6.54 Å². The number of rotatable bonds is 4. The van der Waals surface area contributed by atoms with E-state index in [4.69, 9.17) is 4.74 Å². The van der Waals surface area contributed by atoms with E-state index in [-0.39, 0.29) is 12.3 Å². The Kier molecular flexibility index (Phi) is 5.84. The SMILES string of the molecule is CC(C)(C)OC(=O)NCC=Cc1ccc(OC(F)(F)F)cc1. The molecule has 0 aliphatic carbocycles. The lowest BCUT2D eigenvalue weighted by atomic mass is 10.2. The summed E-state index contributed by atoms with van der Waals surface area (Å²) >= 11 is 0. The van der Waals surface area contributed by atoms with Crippen LogP contribution in [0, 0.1) is 0 Å². The third kappa shape index (κ3) is 8.18. The van der Waals surface area contributed by atoms with E-state index >= 15 is 0 Å². The van der Waals surface area contributed by atoms with Crippen LogP contribution >= 0.6 is 0 Å². The summed E-state index contributed by atoms with van der Waals surface area (Å²) in [4.78, 5) is 11.4. The van der Waals surface area contributed by atoms with Crippen molar-refractivity contribution < 1.29 is 27.4 Å². The normalized spacial score (nSPS) is 12.3. The van der Waals surface area contributed by atoms with Crippen molar-refractivity contribution in [3.63, 3.8) is 0 Å². The lowest BCUT2D eigenvalue weighted by Crippen LogP contribution is -2.32. The summed E-state index contributed by atoms with van der Waals surface area (Å²) in [6, 6.07) is 5.39. The summed E-state index contributed by atoms with van der Waals surface area (Å²) in [5, 5.41) is 2.53. The van der Waals surface area contributed by atoms with Gasteiger partial charge in [0.2, 0.25) is 0 Å². The van der Waals surface area contributed by atoms with E-state index in [2.05, 4.69) is 10.1 Å². The van der Waals surface area contributed by atoms with Crippen LogP contribution in [0.3, 0.4) is 0 Å². The maximum Gasteiger partial charge on any atom is 0.573 e. The van der Waals surface area contributed by atoms with Crippen LogP contribution in [0.15, 0.2) is 30.3 Å². The molecule has 0 radical (unpaired) electrons. The molecular formula is C15H18F3NO3. The second-order valence-electron chi connectivity index (χ2n) is 5.40. The van der Waals surface area contributed by atoms with E-state index in [1.807, 2.05) is 0 Å². The Balaban J connectivity index is 2.42. The number of hydrogen-bond donors (Lipinski definition) is 1. The number of ether oxygens (including phenoxy) is 2. The highest BCUT2D eigenvalue weighted by molar-refractivity contribution is 5.68. The molecule has 0 spiro atoms. The van der Waals surface area contributed by atoms with Crippen LogP contribution in [0.5, 0.6) is 5.75 Å². The van der Waals surface area contributed by atoms with Crippen LogP contribution in [0.2, 0.25) is 0 Å². The molecule has 1 aromatic carbocycles. The lowest BCUT2D eigenvalue weighted by Gasteiger charge is -2.19. The van der Waals surface area contributed by atoms with Gasteiger partial charge < -0.3 is 14.8 Å². The molecule has 7 heteroatoms. The number of halogens is 3. The predicted molar refractivity (Wildman–Crippen MR) is 76.4 cm³/mol. The molecule has 1 rings (SSSR count). The van der Waals surface area contributed by atoms with Gasteiger partial charge in [-0.25, -0.2) is 4.79 Å². The molecule has 0 heterocycles. The average Bonchev–Trinajstić information content (AvgIpc) is 2.32. The molecule has 0 aliphatic heterocycles. The monoisotopic (exact) mass is 317 g/mol. The van der Waals surface area contributed by atoms with Crippen molar-refractivity contribution in [1.82, 2.24) is 5.32 Å². The second-order valence-corrected chi connectivity index (χ2v) is 5.40. The van der Waals surface area contributed by atoms with E-state index < -0.39 is 18.1 Å². The Bertz CT molecular complexity index is 516. The first-order valence-corrected chi connectivity index (χ1v) is 6.54. The summed E-state index contributed by atoms with van der Waals surface area (Å²) in [6.07, 6.45) is -1.92. The van der Waals surface area contributed by atoms with Crippen molar-refractivity contribution in [2.45, 2.75) is 32.7 Å². The molecule has 0 unspecified atom stereocenters. The number of amides is 1. The number of nitrogens with one attached hydrogen (secondary N) is 1. The lowest BCUT2D eigenvalue weighted by molar-refractivity contribution is -0.274. The largest absolute Gasteiger partial charge is 0.573 e. The van der Waals surface area contributed by atoms with Gasteiger partial charge in [0.25, 0.3) is 0 Å². The maximum atomic E-state index is 12.0. The van der Waals surface area contributed by atoms with Gasteiger partial charge in [0.1, 0.15) is 11.4 Å². The predicted octanol–water partition coefficient (Wildman–Crippen LogP) is 4.12. The number of alkyl carbamates (subject to hydrolysis) is 1. The molecule has 122 valence electrons. The van der Waals surface area contributed by atoms with Crippen LogP contribution in [0.1, 0.15) is 26.3 Å². The molecular weight excluding hydrogens is 299 g/mol. The quantitative estimate of drug-likeness (QED) is 0.908. The first-order chi connectivity index (χ1) is 10.1. The van der Waals surface area contributed by atoms with E-state index in [9.17, 15) is 18.0 Å². The summed E-state index contributed by atoms with van der Waals surface area (Å²) in [5.74, 6) is -0.281. The highest BCUT2D eigenvalue weighted by atomic mass is 19.4. The van der Waals surface area contributed by atoms with Crippen molar-refractivity contribution in [2.24, 2.45) is 0 Å². The molecule has 22 heavy (non-hydrogen) atoms. The van der Waals surface area contributed by atoms with Crippen molar-refractivity contribution >= 4 is 12.2 Å². The van der Waals surface area contributed by atoms with Gasteiger partial charge in [0.05, 0.1) is 0 Å². The molecule has 1 amide bonds. The highest BCUT2D eigenvalue weighted by Gasteiger charge is 2.30. The maximum absolute atomic E-state index is 12.0. The van der Waals surface area contributed by atoms with Crippen LogP contribution in [-0.2, 0) is 4.74 Å². The molecule has 0 bridgehead atoms. The van der Waals surface area contributed by atoms with Crippen LogP contribution in [0.25, 0.3) is 6.08 Å². The van der Waals surface area contributed by atoms with E-state index in [1.165, 1.54) is 24.3 Å². The fourth-order valence-electron chi connectivity index (χ4n) is 1.43. The first kappa shape index (κ1) is 17.9. The second kappa shape index (κ2) is 7.20. The van der Waals surface area contributed by atoms with Crippen LogP contribution in [0.4, 0.5) is 18.0 Å². The van der Waals surface area contributed by atoms with E-state index in [0.717, 1.165) is 0 Å². The Labute approximate surface area is 126 Å². The molecule has 0 saturated heterocycles. The summed E-state index contributed by atoms with van der Waals surface area (Å²) < 4.78 is 44.8. The molecule has 0 atom stereocenters. The third-order valence-corrected chi connectivity index (χ3v) is 2.19. The fourth-order valence-corrected chi connectivity index (χ4v) is 1.43. The number of carbonyl (C=O) groups excluding carboxylic acids is 1. The van der Waals surface area contributed by atoms with Crippen molar-refractivity contribution in [1.29, 1.82) is 0 Å². The topological polar surface area (TPSA) is 47.6 Å². The zero-order chi connectivity index (χ0) is 16.8. The van der Waals surface area contributed by atoms with Gasteiger partial charge in [0, 0.05) is 6.54 Å². The number of benzene rings is 1. The summed E-state index contributed by atoms with van der Waals surface area (Å²) in [6.45, 7) is 5.52. The van der Waals surface area contributed by atoms with Gasteiger partial charge in [0.15, 0.2) is 0 Å². The minimum Gasteiger partial charge on any atom is -0.444 e. The summed E-state index contributed by atoms with van der Waals surface area (Å²) in [7, 11) is 0. The molecule has 1 N–H and O–H groups in total. The molecule has 4 nitrogen and oxygen atoms in total. The van der Waals surface area contributed by atoms with Gasteiger partial charge in [-0.15, -0.1) is 13.2 Å². The van der Waals surface area contributed by atoms with Gasteiger partial charge in [-0.05, 0) is 38.5 Å². The van der Waals surface area contributed by atoms with Gasteiger partial charge in [-0.3, -0.25) is 0 Å². The first-order valence-electron chi connectivity index (χ1n) is 6.54.